The minimum absolute atomic E-state index is 0.498. The zero-order valence-corrected chi connectivity index (χ0v) is 14.8. The van der Waals surface area contributed by atoms with E-state index in [0.717, 1.165) is 22.2 Å². The van der Waals surface area contributed by atoms with Crippen molar-refractivity contribution in [3.63, 3.8) is 0 Å². The summed E-state index contributed by atoms with van der Waals surface area (Å²) in [7, 11) is 1.58. The second kappa shape index (κ2) is 7.02. The van der Waals surface area contributed by atoms with Crippen LogP contribution >= 0.6 is 11.6 Å². The number of fused-ring (bicyclic) bond motifs is 1. The number of nitrogens with zero attached hydrogens (tertiary/aromatic N) is 2. The lowest BCUT2D eigenvalue weighted by atomic mass is 10.1. The number of aromatic nitrogens is 2. The Hall–Kier alpha value is -3.11. The summed E-state index contributed by atoms with van der Waals surface area (Å²) >= 11 is 6.22. The van der Waals surface area contributed by atoms with E-state index in [1.807, 2.05) is 48.5 Å². The van der Waals surface area contributed by atoms with Crippen LogP contribution in [0.15, 0.2) is 73.1 Å². The Morgan fingerprint density at radius 3 is 2.46 bits per heavy atom. The first-order chi connectivity index (χ1) is 12.7. The molecule has 0 aliphatic rings. The van der Waals surface area contributed by atoms with Crippen LogP contribution in [0.4, 0.5) is 0 Å². The summed E-state index contributed by atoms with van der Waals surface area (Å²) in [5.74, 6) is 1.95. The van der Waals surface area contributed by atoms with Gasteiger partial charge in [-0.15, -0.1) is 0 Å². The Morgan fingerprint density at radius 2 is 1.69 bits per heavy atom. The van der Waals surface area contributed by atoms with Crippen LogP contribution in [0.1, 0.15) is 0 Å². The SMILES string of the molecule is COc1ccc(Oc2cc(-c3ccncc3)nc3ccccc23)cc1Cl. The van der Waals surface area contributed by atoms with E-state index < -0.39 is 0 Å². The van der Waals surface area contributed by atoms with Crippen LogP contribution in [0.5, 0.6) is 17.2 Å². The predicted molar refractivity (Wildman–Crippen MR) is 103 cm³/mol. The highest BCUT2D eigenvalue weighted by Gasteiger charge is 2.11. The van der Waals surface area contributed by atoms with Crippen molar-refractivity contribution >= 4 is 22.5 Å². The van der Waals surface area contributed by atoms with E-state index in [1.54, 1.807) is 31.6 Å². The van der Waals surface area contributed by atoms with Crippen LogP contribution in [0.2, 0.25) is 5.02 Å². The molecule has 2 aromatic carbocycles. The number of benzene rings is 2. The highest BCUT2D eigenvalue weighted by Crippen LogP contribution is 2.35. The fraction of sp³-hybridized carbons (Fsp3) is 0.0476. The van der Waals surface area contributed by atoms with E-state index in [4.69, 9.17) is 26.1 Å². The first-order valence-electron chi connectivity index (χ1n) is 8.06. The van der Waals surface area contributed by atoms with Gasteiger partial charge in [0.05, 0.1) is 23.3 Å². The van der Waals surface area contributed by atoms with E-state index >= 15 is 0 Å². The van der Waals surface area contributed by atoms with E-state index in [1.165, 1.54) is 0 Å². The maximum Gasteiger partial charge on any atom is 0.138 e. The number of methoxy groups -OCH3 is 1. The molecule has 4 nitrogen and oxygen atoms in total. The van der Waals surface area contributed by atoms with Crippen LogP contribution in [-0.4, -0.2) is 17.1 Å². The average Bonchev–Trinajstić information content (AvgIpc) is 2.69. The minimum Gasteiger partial charge on any atom is -0.495 e. The van der Waals surface area contributed by atoms with Crippen LogP contribution in [-0.2, 0) is 0 Å². The quantitative estimate of drug-likeness (QED) is 0.463. The maximum absolute atomic E-state index is 6.22. The van der Waals surface area contributed by atoms with Gasteiger partial charge >= 0.3 is 0 Å². The van der Waals surface area contributed by atoms with E-state index in [2.05, 4.69) is 4.98 Å². The molecule has 0 aliphatic heterocycles. The number of halogens is 1. The summed E-state index contributed by atoms with van der Waals surface area (Å²) in [6, 6.07) is 19.0. The smallest absolute Gasteiger partial charge is 0.138 e. The number of para-hydroxylation sites is 1. The summed E-state index contributed by atoms with van der Waals surface area (Å²) in [5, 5.41) is 1.43. The summed E-state index contributed by atoms with van der Waals surface area (Å²) in [5.41, 5.74) is 2.65. The molecular weight excluding hydrogens is 348 g/mol. The first kappa shape index (κ1) is 16.4. The van der Waals surface area contributed by atoms with Crippen molar-refractivity contribution < 1.29 is 9.47 Å². The third-order valence-corrected chi connectivity index (χ3v) is 4.30. The second-order valence-electron chi connectivity index (χ2n) is 5.66. The van der Waals surface area contributed by atoms with Gasteiger partial charge in [0.15, 0.2) is 0 Å². The van der Waals surface area contributed by atoms with E-state index in [-0.39, 0.29) is 0 Å². The third-order valence-electron chi connectivity index (χ3n) is 4.01. The molecule has 0 N–H and O–H groups in total. The summed E-state index contributed by atoms with van der Waals surface area (Å²) in [4.78, 5) is 8.80. The van der Waals surface area contributed by atoms with Crippen molar-refractivity contribution in [2.24, 2.45) is 0 Å². The second-order valence-corrected chi connectivity index (χ2v) is 6.06. The van der Waals surface area contributed by atoms with E-state index in [0.29, 0.717) is 22.3 Å². The number of ether oxygens (including phenoxy) is 2. The molecule has 0 spiro atoms. The molecule has 5 heteroatoms. The molecule has 0 saturated carbocycles. The topological polar surface area (TPSA) is 44.2 Å². The van der Waals surface area contributed by atoms with Crippen molar-refractivity contribution in [2.45, 2.75) is 0 Å². The van der Waals surface area contributed by atoms with Gasteiger partial charge in [-0.1, -0.05) is 23.7 Å². The normalized spacial score (nSPS) is 10.7. The Labute approximate surface area is 156 Å². The van der Waals surface area contributed by atoms with Gasteiger partial charge in [0, 0.05) is 35.5 Å². The molecule has 0 saturated heterocycles. The molecule has 0 bridgehead atoms. The van der Waals surface area contributed by atoms with Crippen LogP contribution in [0.25, 0.3) is 22.2 Å². The number of rotatable bonds is 4. The molecule has 0 unspecified atom stereocenters. The minimum atomic E-state index is 0.498. The average molecular weight is 363 g/mol. The Morgan fingerprint density at radius 1 is 0.885 bits per heavy atom. The molecule has 26 heavy (non-hydrogen) atoms. The van der Waals surface area contributed by atoms with Gasteiger partial charge in [0.25, 0.3) is 0 Å². The fourth-order valence-electron chi connectivity index (χ4n) is 2.74. The molecule has 2 heterocycles. The summed E-state index contributed by atoms with van der Waals surface area (Å²) < 4.78 is 11.3. The summed E-state index contributed by atoms with van der Waals surface area (Å²) in [6.07, 6.45) is 3.49. The third kappa shape index (κ3) is 3.19. The number of hydrogen-bond acceptors (Lipinski definition) is 4. The molecule has 4 aromatic rings. The molecule has 4 rings (SSSR count). The molecular formula is C21H15ClN2O2. The molecule has 0 fully saturated rings. The predicted octanol–water partition coefficient (Wildman–Crippen LogP) is 5.75. The van der Waals surface area contributed by atoms with Crippen molar-refractivity contribution in [3.05, 3.63) is 78.1 Å². The molecule has 0 aliphatic carbocycles. The van der Waals surface area contributed by atoms with Crippen LogP contribution in [0.3, 0.4) is 0 Å². The maximum atomic E-state index is 6.22. The number of hydrogen-bond donors (Lipinski definition) is 0. The zero-order chi connectivity index (χ0) is 17.9. The zero-order valence-electron chi connectivity index (χ0n) is 14.0. The fourth-order valence-corrected chi connectivity index (χ4v) is 2.98. The van der Waals surface area contributed by atoms with Gasteiger partial charge in [-0.2, -0.15) is 0 Å². The molecule has 2 aromatic heterocycles. The van der Waals surface area contributed by atoms with Gasteiger partial charge in [-0.05, 0) is 36.4 Å². The lowest BCUT2D eigenvalue weighted by Gasteiger charge is -2.12. The summed E-state index contributed by atoms with van der Waals surface area (Å²) in [6.45, 7) is 0. The lowest BCUT2D eigenvalue weighted by Crippen LogP contribution is -1.92. The molecule has 128 valence electrons. The first-order valence-corrected chi connectivity index (χ1v) is 8.44. The highest BCUT2D eigenvalue weighted by atomic mass is 35.5. The molecule has 0 radical (unpaired) electrons. The Balaban J connectivity index is 1.82. The van der Waals surface area contributed by atoms with Crippen molar-refractivity contribution in [1.29, 1.82) is 0 Å². The Bertz CT molecular complexity index is 1070. The molecule has 0 amide bonds. The highest BCUT2D eigenvalue weighted by molar-refractivity contribution is 6.32. The van der Waals surface area contributed by atoms with Gasteiger partial charge in [0.1, 0.15) is 17.2 Å². The van der Waals surface area contributed by atoms with Crippen LogP contribution < -0.4 is 9.47 Å². The monoisotopic (exact) mass is 362 g/mol. The molecule has 0 atom stereocenters. The van der Waals surface area contributed by atoms with Gasteiger partial charge in [0.2, 0.25) is 0 Å². The van der Waals surface area contributed by atoms with Crippen LogP contribution in [0, 0.1) is 0 Å². The van der Waals surface area contributed by atoms with Crippen molar-refractivity contribution in [3.8, 4) is 28.5 Å². The standard InChI is InChI=1S/C21H15ClN2O2/c1-25-20-7-6-15(12-17(20)22)26-21-13-19(14-8-10-23-11-9-14)24-18-5-3-2-4-16(18)21/h2-13H,1H3. The largest absolute Gasteiger partial charge is 0.495 e. The Kier molecular flexibility index (Phi) is 4.42. The van der Waals surface area contributed by atoms with Gasteiger partial charge in [-0.25, -0.2) is 4.98 Å². The lowest BCUT2D eigenvalue weighted by molar-refractivity contribution is 0.413. The number of pyridine rings is 2. The van der Waals surface area contributed by atoms with Crippen molar-refractivity contribution in [2.75, 3.05) is 7.11 Å². The van der Waals surface area contributed by atoms with Crippen molar-refractivity contribution in [1.82, 2.24) is 9.97 Å². The van der Waals surface area contributed by atoms with Gasteiger partial charge in [-0.3, -0.25) is 4.98 Å². The van der Waals surface area contributed by atoms with Gasteiger partial charge < -0.3 is 9.47 Å². The van der Waals surface area contributed by atoms with E-state index in [9.17, 15) is 0 Å².